The van der Waals surface area contributed by atoms with Gasteiger partial charge < -0.3 is 10.4 Å². The molecular weight excluding hydrogens is 260 g/mol. The topological polar surface area (TPSA) is 79.3 Å². The van der Waals surface area contributed by atoms with Crippen LogP contribution in [0, 0.1) is 0 Å². The molecule has 0 aliphatic heterocycles. The SMILES string of the molecule is CC(CS(C)=O)Nc1nc(CCC(=O)O)cs1. The summed E-state index contributed by atoms with van der Waals surface area (Å²) < 4.78 is 11.0. The van der Waals surface area contributed by atoms with Gasteiger partial charge in [0.1, 0.15) is 0 Å². The van der Waals surface area contributed by atoms with Gasteiger partial charge in [-0.05, 0) is 6.92 Å². The molecule has 0 saturated carbocycles. The number of aliphatic carboxylic acids is 1. The smallest absolute Gasteiger partial charge is 0.303 e. The number of rotatable bonds is 7. The maximum absolute atomic E-state index is 11.0. The third kappa shape index (κ3) is 5.78. The Kier molecular flexibility index (Phi) is 5.57. The van der Waals surface area contributed by atoms with Crippen molar-refractivity contribution in [2.75, 3.05) is 17.3 Å². The lowest BCUT2D eigenvalue weighted by molar-refractivity contribution is -0.136. The van der Waals surface area contributed by atoms with Gasteiger partial charge in [0.05, 0.1) is 12.1 Å². The van der Waals surface area contributed by atoms with E-state index in [4.69, 9.17) is 5.11 Å². The van der Waals surface area contributed by atoms with Crippen molar-refractivity contribution in [2.24, 2.45) is 0 Å². The van der Waals surface area contributed by atoms with E-state index >= 15 is 0 Å². The maximum atomic E-state index is 11.0. The second kappa shape index (κ2) is 6.70. The predicted molar refractivity (Wildman–Crippen MR) is 70.1 cm³/mol. The summed E-state index contributed by atoms with van der Waals surface area (Å²) in [6.07, 6.45) is 2.21. The van der Waals surface area contributed by atoms with E-state index in [9.17, 15) is 9.00 Å². The zero-order chi connectivity index (χ0) is 12.8. The summed E-state index contributed by atoms with van der Waals surface area (Å²) in [4.78, 5) is 14.7. The van der Waals surface area contributed by atoms with Crippen LogP contribution in [0.2, 0.25) is 0 Å². The zero-order valence-corrected chi connectivity index (χ0v) is 11.4. The second-order valence-corrected chi connectivity index (χ2v) is 6.16. The van der Waals surface area contributed by atoms with Gasteiger partial charge in [0, 0.05) is 40.7 Å². The van der Waals surface area contributed by atoms with E-state index in [1.165, 1.54) is 11.3 Å². The maximum Gasteiger partial charge on any atom is 0.303 e. The van der Waals surface area contributed by atoms with E-state index in [-0.39, 0.29) is 12.5 Å². The average Bonchev–Trinajstić information content (AvgIpc) is 2.61. The first kappa shape index (κ1) is 14.1. The van der Waals surface area contributed by atoms with Gasteiger partial charge in [-0.15, -0.1) is 11.3 Å². The van der Waals surface area contributed by atoms with Crippen molar-refractivity contribution in [3.8, 4) is 0 Å². The van der Waals surface area contributed by atoms with Gasteiger partial charge in [-0.25, -0.2) is 4.98 Å². The molecule has 0 aliphatic rings. The van der Waals surface area contributed by atoms with E-state index in [2.05, 4.69) is 10.3 Å². The standard InChI is InChI=1S/C10H16N2O3S2/c1-7(6-17(2)15)11-10-12-8(5-16-10)3-4-9(13)14/h5,7H,3-4,6H2,1-2H3,(H,11,12)(H,13,14). The van der Waals surface area contributed by atoms with Crippen LogP contribution in [0.1, 0.15) is 19.0 Å². The first-order valence-electron chi connectivity index (χ1n) is 5.20. The van der Waals surface area contributed by atoms with E-state index in [1.54, 1.807) is 6.26 Å². The van der Waals surface area contributed by atoms with Crippen molar-refractivity contribution in [2.45, 2.75) is 25.8 Å². The summed E-state index contributed by atoms with van der Waals surface area (Å²) in [5.74, 6) is -0.244. The highest BCUT2D eigenvalue weighted by Crippen LogP contribution is 2.17. The molecule has 0 aliphatic carbocycles. The summed E-state index contributed by atoms with van der Waals surface area (Å²) in [6, 6.07) is 0.0966. The van der Waals surface area contributed by atoms with Crippen molar-refractivity contribution < 1.29 is 14.1 Å². The number of aryl methyl sites for hydroxylation is 1. The summed E-state index contributed by atoms with van der Waals surface area (Å²) in [7, 11) is -0.835. The van der Waals surface area contributed by atoms with Crippen molar-refractivity contribution in [1.82, 2.24) is 4.98 Å². The molecule has 7 heteroatoms. The van der Waals surface area contributed by atoms with Gasteiger partial charge in [-0.2, -0.15) is 0 Å². The number of hydrogen-bond donors (Lipinski definition) is 2. The molecule has 2 unspecified atom stereocenters. The molecule has 0 radical (unpaired) electrons. The molecule has 2 N–H and O–H groups in total. The van der Waals surface area contributed by atoms with Gasteiger partial charge in [0.2, 0.25) is 0 Å². The van der Waals surface area contributed by atoms with Crippen LogP contribution in [0.15, 0.2) is 5.38 Å². The fourth-order valence-electron chi connectivity index (χ4n) is 1.33. The molecule has 1 rings (SSSR count). The number of carboxylic acids is 1. The highest BCUT2D eigenvalue weighted by Gasteiger charge is 2.08. The third-order valence-electron chi connectivity index (χ3n) is 2.00. The molecule has 0 fully saturated rings. The van der Waals surface area contributed by atoms with Gasteiger partial charge in [0.25, 0.3) is 0 Å². The van der Waals surface area contributed by atoms with Crippen molar-refractivity contribution in [3.63, 3.8) is 0 Å². The van der Waals surface area contributed by atoms with Crippen LogP contribution in [0.4, 0.5) is 5.13 Å². The summed E-state index contributed by atoms with van der Waals surface area (Å²) >= 11 is 1.44. The molecule has 5 nitrogen and oxygen atoms in total. The Bertz CT molecular complexity index is 406. The number of thiazole rings is 1. The lowest BCUT2D eigenvalue weighted by Gasteiger charge is -2.10. The fourth-order valence-corrected chi connectivity index (χ4v) is 2.97. The fraction of sp³-hybridized carbons (Fsp3) is 0.600. The molecule has 2 atom stereocenters. The number of carboxylic acid groups (broad SMARTS) is 1. The second-order valence-electron chi connectivity index (χ2n) is 3.82. The minimum absolute atomic E-state index is 0.0949. The highest BCUT2D eigenvalue weighted by molar-refractivity contribution is 7.84. The van der Waals surface area contributed by atoms with Crippen LogP contribution < -0.4 is 5.32 Å². The van der Waals surface area contributed by atoms with Crippen LogP contribution in [-0.2, 0) is 22.0 Å². The number of nitrogens with zero attached hydrogens (tertiary/aromatic N) is 1. The van der Waals surface area contributed by atoms with Crippen LogP contribution in [-0.4, -0.2) is 38.3 Å². The Morgan fingerprint density at radius 2 is 2.41 bits per heavy atom. The molecule has 0 bridgehead atoms. The van der Waals surface area contributed by atoms with Crippen molar-refractivity contribution in [1.29, 1.82) is 0 Å². The predicted octanol–water partition coefficient (Wildman–Crippen LogP) is 1.34. The first-order chi connectivity index (χ1) is 7.97. The van der Waals surface area contributed by atoms with Crippen LogP contribution in [0.5, 0.6) is 0 Å². The van der Waals surface area contributed by atoms with Gasteiger partial charge >= 0.3 is 5.97 Å². The van der Waals surface area contributed by atoms with Gasteiger partial charge in [-0.1, -0.05) is 0 Å². The van der Waals surface area contributed by atoms with E-state index in [0.717, 1.165) is 10.8 Å². The zero-order valence-electron chi connectivity index (χ0n) is 9.80. The summed E-state index contributed by atoms with van der Waals surface area (Å²) in [5.41, 5.74) is 0.782. The number of aromatic nitrogens is 1. The normalized spacial score (nSPS) is 14.2. The van der Waals surface area contributed by atoms with Gasteiger partial charge in [0.15, 0.2) is 5.13 Å². The number of carbonyl (C=O) groups is 1. The summed E-state index contributed by atoms with van der Waals surface area (Å²) in [6.45, 7) is 1.94. The van der Waals surface area contributed by atoms with E-state index in [0.29, 0.717) is 12.2 Å². The average molecular weight is 276 g/mol. The molecule has 1 aromatic rings. The Morgan fingerprint density at radius 1 is 1.71 bits per heavy atom. The molecule has 0 spiro atoms. The first-order valence-corrected chi connectivity index (χ1v) is 7.81. The molecule has 96 valence electrons. The Morgan fingerprint density at radius 3 is 3.00 bits per heavy atom. The third-order valence-corrected chi connectivity index (χ3v) is 3.79. The minimum Gasteiger partial charge on any atom is -0.481 e. The monoisotopic (exact) mass is 276 g/mol. The van der Waals surface area contributed by atoms with Crippen LogP contribution in [0.25, 0.3) is 0 Å². The quantitative estimate of drug-likeness (QED) is 0.785. The van der Waals surface area contributed by atoms with Crippen LogP contribution in [0.3, 0.4) is 0 Å². The largest absolute Gasteiger partial charge is 0.481 e. The molecular formula is C10H16N2O3S2. The molecule has 1 aromatic heterocycles. The number of hydrogen-bond acceptors (Lipinski definition) is 5. The van der Waals surface area contributed by atoms with Crippen LogP contribution >= 0.6 is 11.3 Å². The molecule has 17 heavy (non-hydrogen) atoms. The minimum atomic E-state index is -0.835. The Hall–Kier alpha value is -0.950. The summed E-state index contributed by atoms with van der Waals surface area (Å²) in [5, 5.41) is 14.3. The lowest BCUT2D eigenvalue weighted by Crippen LogP contribution is -2.22. The van der Waals surface area contributed by atoms with E-state index in [1.807, 2.05) is 12.3 Å². The molecule has 1 heterocycles. The molecule has 0 aromatic carbocycles. The van der Waals surface area contributed by atoms with Crippen molar-refractivity contribution in [3.05, 3.63) is 11.1 Å². The lowest BCUT2D eigenvalue weighted by atomic mass is 10.2. The van der Waals surface area contributed by atoms with E-state index < -0.39 is 16.8 Å². The Labute approximate surface area is 107 Å². The molecule has 0 amide bonds. The number of anilines is 1. The molecule has 0 saturated heterocycles. The van der Waals surface area contributed by atoms with Crippen molar-refractivity contribution >= 4 is 33.2 Å². The Balaban J connectivity index is 2.45. The highest BCUT2D eigenvalue weighted by atomic mass is 32.2. The van der Waals surface area contributed by atoms with Gasteiger partial charge in [-0.3, -0.25) is 9.00 Å². The number of nitrogens with one attached hydrogen (secondary N) is 1.